The molecule has 0 unspecified atom stereocenters. The number of urea groups is 1. The molecule has 0 heterocycles. The van der Waals surface area contributed by atoms with Gasteiger partial charge in [-0.25, -0.2) is 4.79 Å². The minimum absolute atomic E-state index is 0.0277. The smallest absolute Gasteiger partial charge is 0.321 e. The quantitative estimate of drug-likeness (QED) is 0.614. The molecule has 0 aliphatic heterocycles. The third-order valence-corrected chi connectivity index (χ3v) is 1.10. The van der Waals surface area contributed by atoms with E-state index in [1.54, 1.807) is 14.0 Å². The molecule has 0 aliphatic carbocycles. The van der Waals surface area contributed by atoms with Gasteiger partial charge in [0.05, 0.1) is 6.61 Å². The summed E-state index contributed by atoms with van der Waals surface area (Å²) >= 11 is 0. The first-order valence-electron chi connectivity index (χ1n) is 3.36. The lowest BCUT2D eigenvalue weighted by atomic mass is 10.5. The van der Waals surface area contributed by atoms with Gasteiger partial charge in [0.1, 0.15) is 0 Å². The van der Waals surface area contributed by atoms with Gasteiger partial charge in [0.2, 0.25) is 0 Å². The fourth-order valence-electron chi connectivity index (χ4n) is 0.530. The third kappa shape index (κ3) is 4.38. The van der Waals surface area contributed by atoms with Crippen molar-refractivity contribution < 1.29 is 9.90 Å². The average Bonchev–Trinajstić information content (AvgIpc) is 1.86. The van der Waals surface area contributed by atoms with Gasteiger partial charge in [0, 0.05) is 19.3 Å². The van der Waals surface area contributed by atoms with Crippen molar-refractivity contribution in [3.63, 3.8) is 0 Å². The zero-order chi connectivity index (χ0) is 8.85. The van der Waals surface area contributed by atoms with E-state index in [0.717, 1.165) is 0 Å². The van der Waals surface area contributed by atoms with Gasteiger partial charge >= 0.3 is 6.03 Å². The van der Waals surface area contributed by atoms with E-state index in [4.69, 9.17) is 5.11 Å². The molecule has 0 bridgehead atoms. The van der Waals surface area contributed by atoms with Gasteiger partial charge < -0.3 is 15.3 Å². The summed E-state index contributed by atoms with van der Waals surface area (Å²) in [6.07, 6.45) is 0. The summed E-state index contributed by atoms with van der Waals surface area (Å²) in [5, 5.41) is 11.0. The van der Waals surface area contributed by atoms with E-state index < -0.39 is 0 Å². The van der Waals surface area contributed by atoms with E-state index >= 15 is 0 Å². The summed E-state index contributed by atoms with van der Waals surface area (Å²) < 4.78 is 0. The maximum Gasteiger partial charge on any atom is 0.321 e. The Kier molecular flexibility index (Phi) is 4.29. The normalized spacial score (nSPS) is 9.00. The highest BCUT2D eigenvalue weighted by Gasteiger charge is 2.05. The van der Waals surface area contributed by atoms with Gasteiger partial charge in [-0.3, -0.25) is 0 Å². The predicted molar refractivity (Wildman–Crippen MR) is 43.1 cm³/mol. The van der Waals surface area contributed by atoms with Crippen molar-refractivity contribution in [1.29, 1.82) is 0 Å². The summed E-state index contributed by atoms with van der Waals surface area (Å²) in [5.41, 5.74) is 0.597. The second-order valence-electron chi connectivity index (χ2n) is 2.36. The number of hydrogen-bond donors (Lipinski definition) is 2. The van der Waals surface area contributed by atoms with Crippen molar-refractivity contribution in [2.45, 2.75) is 6.92 Å². The molecule has 2 amide bonds. The molecule has 0 aromatic carbocycles. The monoisotopic (exact) mass is 158 g/mol. The molecule has 0 atom stereocenters. The van der Waals surface area contributed by atoms with Crippen LogP contribution in [0, 0.1) is 0 Å². The maximum absolute atomic E-state index is 11.0. The van der Waals surface area contributed by atoms with E-state index in [9.17, 15) is 4.79 Å². The Balaban J connectivity index is 3.73. The molecule has 0 saturated heterocycles. The number of rotatable bonds is 3. The highest BCUT2D eigenvalue weighted by molar-refractivity contribution is 5.75. The SMILES string of the molecule is C=C(C)NC(=O)N(C)CCO. The van der Waals surface area contributed by atoms with Crippen LogP contribution < -0.4 is 5.32 Å². The highest BCUT2D eigenvalue weighted by Crippen LogP contribution is 1.86. The van der Waals surface area contributed by atoms with Gasteiger partial charge in [0.15, 0.2) is 0 Å². The number of nitrogens with zero attached hydrogens (tertiary/aromatic N) is 1. The summed E-state index contributed by atoms with van der Waals surface area (Å²) in [6, 6.07) is -0.244. The fraction of sp³-hybridized carbons (Fsp3) is 0.571. The van der Waals surface area contributed by atoms with Gasteiger partial charge in [0.25, 0.3) is 0 Å². The topological polar surface area (TPSA) is 52.6 Å². The van der Waals surface area contributed by atoms with Crippen LogP contribution in [0.3, 0.4) is 0 Å². The van der Waals surface area contributed by atoms with Gasteiger partial charge in [-0.2, -0.15) is 0 Å². The standard InChI is InChI=1S/C7H14N2O2/c1-6(2)8-7(11)9(3)4-5-10/h10H,1,4-5H2,2-3H3,(H,8,11). The van der Waals surface area contributed by atoms with E-state index in [1.165, 1.54) is 4.90 Å². The molecule has 0 fully saturated rings. The first-order chi connectivity index (χ1) is 5.07. The van der Waals surface area contributed by atoms with Gasteiger partial charge in [-0.05, 0) is 6.92 Å². The van der Waals surface area contributed by atoms with Crippen LogP contribution in [-0.2, 0) is 0 Å². The molecular formula is C7H14N2O2. The van der Waals surface area contributed by atoms with Crippen LogP contribution in [0.4, 0.5) is 4.79 Å². The maximum atomic E-state index is 11.0. The minimum atomic E-state index is -0.244. The lowest BCUT2D eigenvalue weighted by Gasteiger charge is -2.15. The van der Waals surface area contributed by atoms with Crippen LogP contribution in [0.15, 0.2) is 12.3 Å². The first kappa shape index (κ1) is 9.97. The molecule has 0 saturated carbocycles. The molecule has 64 valence electrons. The van der Waals surface area contributed by atoms with Crippen molar-refractivity contribution in [3.05, 3.63) is 12.3 Å². The van der Waals surface area contributed by atoms with Crippen LogP contribution in [0.2, 0.25) is 0 Å². The fourth-order valence-corrected chi connectivity index (χ4v) is 0.530. The Morgan fingerprint density at radius 3 is 2.64 bits per heavy atom. The first-order valence-corrected chi connectivity index (χ1v) is 3.36. The van der Waals surface area contributed by atoms with Crippen LogP contribution in [0.5, 0.6) is 0 Å². The van der Waals surface area contributed by atoms with Gasteiger partial charge in [-0.15, -0.1) is 0 Å². The number of likely N-dealkylation sites (N-methyl/N-ethyl adjacent to an activating group) is 1. The number of aliphatic hydroxyl groups excluding tert-OH is 1. The second-order valence-corrected chi connectivity index (χ2v) is 2.36. The predicted octanol–water partition coefficient (Wildman–Crippen LogP) is 0.154. The van der Waals surface area contributed by atoms with Gasteiger partial charge in [-0.1, -0.05) is 6.58 Å². The molecule has 2 N–H and O–H groups in total. The molecule has 0 radical (unpaired) electrons. The van der Waals surface area contributed by atoms with Crippen LogP contribution >= 0.6 is 0 Å². The van der Waals surface area contributed by atoms with Crippen molar-refractivity contribution in [3.8, 4) is 0 Å². The Morgan fingerprint density at radius 2 is 2.27 bits per heavy atom. The molecule has 0 spiro atoms. The van der Waals surface area contributed by atoms with Crippen molar-refractivity contribution >= 4 is 6.03 Å². The summed E-state index contributed by atoms with van der Waals surface area (Å²) in [7, 11) is 1.61. The number of nitrogens with one attached hydrogen (secondary N) is 1. The second kappa shape index (κ2) is 4.73. The van der Waals surface area contributed by atoms with Crippen molar-refractivity contribution in [1.82, 2.24) is 10.2 Å². The molecule has 4 heteroatoms. The number of carbonyl (C=O) groups is 1. The molecule has 0 aliphatic rings. The van der Waals surface area contributed by atoms with Crippen LogP contribution in [0.1, 0.15) is 6.92 Å². The Hall–Kier alpha value is -1.03. The molecular weight excluding hydrogens is 144 g/mol. The summed E-state index contributed by atoms with van der Waals surface area (Å²) in [6.45, 7) is 5.52. The number of carbonyl (C=O) groups excluding carboxylic acids is 1. The number of aliphatic hydroxyl groups is 1. The van der Waals surface area contributed by atoms with Crippen LogP contribution in [-0.4, -0.2) is 36.2 Å². The lowest BCUT2D eigenvalue weighted by Crippen LogP contribution is -2.37. The molecule has 0 aromatic heterocycles. The average molecular weight is 158 g/mol. The zero-order valence-corrected chi connectivity index (χ0v) is 6.92. The summed E-state index contributed by atoms with van der Waals surface area (Å²) in [5.74, 6) is 0. The Bertz CT molecular complexity index is 157. The molecule has 0 aromatic rings. The third-order valence-electron chi connectivity index (χ3n) is 1.10. The van der Waals surface area contributed by atoms with E-state index in [0.29, 0.717) is 12.2 Å². The van der Waals surface area contributed by atoms with E-state index in [2.05, 4.69) is 11.9 Å². The lowest BCUT2D eigenvalue weighted by molar-refractivity contribution is 0.193. The minimum Gasteiger partial charge on any atom is -0.395 e. The zero-order valence-electron chi connectivity index (χ0n) is 6.92. The highest BCUT2D eigenvalue weighted by atomic mass is 16.3. The van der Waals surface area contributed by atoms with E-state index in [-0.39, 0.29) is 12.6 Å². The molecule has 11 heavy (non-hydrogen) atoms. The summed E-state index contributed by atoms with van der Waals surface area (Å²) in [4.78, 5) is 12.4. The molecule has 0 rings (SSSR count). The van der Waals surface area contributed by atoms with Crippen LogP contribution in [0.25, 0.3) is 0 Å². The number of hydrogen-bond acceptors (Lipinski definition) is 2. The van der Waals surface area contributed by atoms with Crippen molar-refractivity contribution in [2.24, 2.45) is 0 Å². The van der Waals surface area contributed by atoms with E-state index in [1.807, 2.05) is 0 Å². The molecule has 4 nitrogen and oxygen atoms in total. The Labute approximate surface area is 66.5 Å². The Morgan fingerprint density at radius 1 is 1.73 bits per heavy atom. The van der Waals surface area contributed by atoms with Crippen molar-refractivity contribution in [2.75, 3.05) is 20.2 Å². The number of allylic oxidation sites excluding steroid dienone is 1. The largest absolute Gasteiger partial charge is 0.395 e. The number of amides is 2.